The van der Waals surface area contributed by atoms with Gasteiger partial charge in [0.15, 0.2) is 0 Å². The summed E-state index contributed by atoms with van der Waals surface area (Å²) in [6.07, 6.45) is 2.54. The van der Waals surface area contributed by atoms with Gasteiger partial charge in [0, 0.05) is 13.1 Å². The fourth-order valence-electron chi connectivity index (χ4n) is 4.19. The summed E-state index contributed by atoms with van der Waals surface area (Å²) in [5.41, 5.74) is 2.78. The lowest BCUT2D eigenvalue weighted by Gasteiger charge is -2.24. The summed E-state index contributed by atoms with van der Waals surface area (Å²) in [6, 6.07) is 5.93. The Bertz CT molecular complexity index is 673. The molecule has 0 radical (unpaired) electrons. The third-order valence-electron chi connectivity index (χ3n) is 5.95. The molecule has 2 amide bonds. The molecule has 2 fully saturated rings. The Kier molecular flexibility index (Phi) is 4.28. The molecule has 1 unspecified atom stereocenters. The molecule has 1 aliphatic carbocycles. The molecule has 1 aromatic carbocycles. The summed E-state index contributed by atoms with van der Waals surface area (Å²) in [5.74, 6) is -0.653. The number of fused-ring (bicyclic) bond motifs is 1. The van der Waals surface area contributed by atoms with Crippen LogP contribution in [-0.2, 0) is 4.79 Å². The quantitative estimate of drug-likeness (QED) is 0.894. The van der Waals surface area contributed by atoms with Crippen LogP contribution in [0.1, 0.15) is 48.9 Å². The Morgan fingerprint density at radius 3 is 2.71 bits per heavy atom. The first-order valence-electron chi connectivity index (χ1n) is 8.69. The topological polar surface area (TPSA) is 69.6 Å². The largest absolute Gasteiger partial charge is 0.481 e. The molecule has 5 heteroatoms. The van der Waals surface area contributed by atoms with Gasteiger partial charge in [0.05, 0.1) is 11.5 Å². The van der Waals surface area contributed by atoms with E-state index < -0.39 is 11.4 Å². The average Bonchev–Trinajstić information content (AvgIpc) is 3.08. The van der Waals surface area contributed by atoms with Gasteiger partial charge in [-0.25, -0.2) is 4.79 Å². The molecule has 3 atom stereocenters. The molecular formula is C19H26N2O3. The first-order chi connectivity index (χ1) is 11.3. The molecule has 0 spiro atoms. The number of nitrogens with zero attached hydrogens (tertiary/aromatic N) is 1. The van der Waals surface area contributed by atoms with E-state index in [1.807, 2.05) is 13.0 Å². The molecule has 0 bridgehead atoms. The van der Waals surface area contributed by atoms with Gasteiger partial charge in [-0.3, -0.25) is 4.79 Å². The highest BCUT2D eigenvalue weighted by molar-refractivity contribution is 5.80. The van der Waals surface area contributed by atoms with Crippen molar-refractivity contribution in [1.82, 2.24) is 10.2 Å². The van der Waals surface area contributed by atoms with Gasteiger partial charge in [-0.15, -0.1) is 0 Å². The van der Waals surface area contributed by atoms with Crippen molar-refractivity contribution in [2.75, 3.05) is 13.1 Å². The van der Waals surface area contributed by atoms with Gasteiger partial charge >= 0.3 is 12.0 Å². The van der Waals surface area contributed by atoms with Crippen molar-refractivity contribution in [3.8, 4) is 0 Å². The van der Waals surface area contributed by atoms with Gasteiger partial charge in [0.1, 0.15) is 0 Å². The average molecular weight is 330 g/mol. The van der Waals surface area contributed by atoms with Crippen LogP contribution in [0.15, 0.2) is 18.2 Å². The number of benzene rings is 1. The number of carbonyl (C=O) groups is 2. The highest BCUT2D eigenvalue weighted by atomic mass is 16.4. The number of nitrogens with one attached hydrogen (secondary N) is 1. The van der Waals surface area contributed by atoms with Crippen molar-refractivity contribution >= 4 is 12.0 Å². The van der Waals surface area contributed by atoms with Gasteiger partial charge in [0.25, 0.3) is 0 Å². The zero-order valence-corrected chi connectivity index (χ0v) is 14.6. The fraction of sp³-hybridized carbons (Fsp3) is 0.579. The number of aliphatic carboxylic acids is 1. The van der Waals surface area contributed by atoms with Crippen LogP contribution in [0.3, 0.4) is 0 Å². The minimum absolute atomic E-state index is 0.0951. The zero-order valence-electron chi connectivity index (χ0n) is 14.6. The summed E-state index contributed by atoms with van der Waals surface area (Å²) in [5, 5.41) is 12.7. The third kappa shape index (κ3) is 2.76. The molecule has 1 aliphatic heterocycles. The smallest absolute Gasteiger partial charge is 0.317 e. The lowest BCUT2D eigenvalue weighted by atomic mass is 9.81. The van der Waals surface area contributed by atoms with Crippen molar-refractivity contribution in [2.24, 2.45) is 11.3 Å². The summed E-state index contributed by atoms with van der Waals surface area (Å²) >= 11 is 0. The zero-order chi connectivity index (χ0) is 17.5. The third-order valence-corrected chi connectivity index (χ3v) is 5.95. The standard InChI is InChI=1S/C19H26N2O3/c1-12-6-7-15(9-13(12)2)14(3)20-18(24)21-10-16-5-4-8-19(16,11-21)17(22)23/h6-7,9,14,16H,4-5,8,10-11H2,1-3H3,(H,20,24)(H,22,23)/t14?,16-,19+/m0/s1. The van der Waals surface area contributed by atoms with Gasteiger partial charge in [-0.1, -0.05) is 24.6 Å². The van der Waals surface area contributed by atoms with E-state index in [9.17, 15) is 14.7 Å². The van der Waals surface area contributed by atoms with E-state index in [-0.39, 0.29) is 18.0 Å². The number of carboxylic acids is 1. The predicted molar refractivity (Wildman–Crippen MR) is 91.8 cm³/mol. The second-order valence-electron chi connectivity index (χ2n) is 7.45. The highest BCUT2D eigenvalue weighted by Gasteiger charge is 2.55. The second kappa shape index (κ2) is 6.11. The minimum atomic E-state index is -0.748. The maximum atomic E-state index is 12.6. The van der Waals surface area contributed by atoms with Crippen LogP contribution in [0.4, 0.5) is 4.79 Å². The van der Waals surface area contributed by atoms with Crippen LogP contribution < -0.4 is 5.32 Å². The first kappa shape index (κ1) is 16.8. The minimum Gasteiger partial charge on any atom is -0.481 e. The normalized spacial score (nSPS) is 27.0. The maximum absolute atomic E-state index is 12.6. The lowest BCUT2D eigenvalue weighted by molar-refractivity contribution is -0.149. The number of amides is 2. The van der Waals surface area contributed by atoms with E-state index in [4.69, 9.17) is 0 Å². The summed E-state index contributed by atoms with van der Waals surface area (Å²) < 4.78 is 0. The fourth-order valence-corrected chi connectivity index (χ4v) is 4.19. The van der Waals surface area contributed by atoms with Crippen LogP contribution in [0.5, 0.6) is 0 Å². The first-order valence-corrected chi connectivity index (χ1v) is 8.69. The van der Waals surface area contributed by atoms with E-state index in [0.29, 0.717) is 19.5 Å². The van der Waals surface area contributed by atoms with E-state index in [1.54, 1.807) is 4.90 Å². The summed E-state index contributed by atoms with van der Waals surface area (Å²) in [4.78, 5) is 26.0. The molecule has 3 rings (SSSR count). The number of likely N-dealkylation sites (tertiary alicyclic amines) is 1. The van der Waals surface area contributed by atoms with Crippen LogP contribution in [0.25, 0.3) is 0 Å². The second-order valence-corrected chi connectivity index (χ2v) is 7.45. The van der Waals surface area contributed by atoms with Crippen LogP contribution in [0.2, 0.25) is 0 Å². The highest BCUT2D eigenvalue weighted by Crippen LogP contribution is 2.48. The molecule has 130 valence electrons. The van der Waals surface area contributed by atoms with E-state index in [0.717, 1.165) is 18.4 Å². The Labute approximate surface area is 143 Å². The number of hydrogen-bond donors (Lipinski definition) is 2. The number of hydrogen-bond acceptors (Lipinski definition) is 2. The number of rotatable bonds is 3. The SMILES string of the molecule is Cc1ccc(C(C)NC(=O)N2C[C@@H]3CCC[C@@]3(C(=O)O)C2)cc1C. The van der Waals surface area contributed by atoms with Gasteiger partial charge in [-0.05, 0) is 56.2 Å². The van der Waals surface area contributed by atoms with Crippen molar-refractivity contribution in [2.45, 2.75) is 46.1 Å². The number of carboxylic acid groups (broad SMARTS) is 1. The molecular weight excluding hydrogens is 304 g/mol. The van der Waals surface area contributed by atoms with Crippen LogP contribution in [0, 0.1) is 25.2 Å². The predicted octanol–water partition coefficient (Wildman–Crippen LogP) is 3.26. The molecule has 5 nitrogen and oxygen atoms in total. The Morgan fingerprint density at radius 2 is 2.08 bits per heavy atom. The van der Waals surface area contributed by atoms with Crippen LogP contribution in [-0.4, -0.2) is 35.1 Å². The summed E-state index contributed by atoms with van der Waals surface area (Å²) in [7, 11) is 0. The Balaban J connectivity index is 1.67. The van der Waals surface area contributed by atoms with E-state index in [2.05, 4.69) is 31.3 Å². The monoisotopic (exact) mass is 330 g/mol. The van der Waals surface area contributed by atoms with E-state index >= 15 is 0 Å². The van der Waals surface area contributed by atoms with Crippen molar-refractivity contribution < 1.29 is 14.7 Å². The molecule has 1 heterocycles. The molecule has 2 aliphatic rings. The number of carbonyl (C=O) groups excluding carboxylic acids is 1. The molecule has 24 heavy (non-hydrogen) atoms. The van der Waals surface area contributed by atoms with Gasteiger partial charge in [0.2, 0.25) is 0 Å². The molecule has 1 saturated carbocycles. The lowest BCUT2D eigenvalue weighted by Crippen LogP contribution is -2.42. The van der Waals surface area contributed by atoms with Crippen LogP contribution >= 0.6 is 0 Å². The summed E-state index contributed by atoms with van der Waals surface area (Å²) in [6.45, 7) is 6.98. The Hall–Kier alpha value is -2.04. The Morgan fingerprint density at radius 1 is 1.33 bits per heavy atom. The van der Waals surface area contributed by atoms with Gasteiger partial charge < -0.3 is 15.3 Å². The molecule has 1 aromatic rings. The van der Waals surface area contributed by atoms with Crippen molar-refractivity contribution in [3.63, 3.8) is 0 Å². The number of aryl methyl sites for hydroxylation is 2. The molecule has 0 aromatic heterocycles. The molecule has 2 N–H and O–H groups in total. The van der Waals surface area contributed by atoms with Crippen molar-refractivity contribution in [3.05, 3.63) is 34.9 Å². The maximum Gasteiger partial charge on any atom is 0.317 e. The molecule has 1 saturated heterocycles. The van der Waals surface area contributed by atoms with Gasteiger partial charge in [-0.2, -0.15) is 0 Å². The van der Waals surface area contributed by atoms with E-state index in [1.165, 1.54) is 11.1 Å². The van der Waals surface area contributed by atoms with Crippen molar-refractivity contribution in [1.29, 1.82) is 0 Å². The number of urea groups is 1.